The van der Waals surface area contributed by atoms with Gasteiger partial charge in [0.1, 0.15) is 9.71 Å². The molecule has 5 rings (SSSR count). The molecule has 3 aromatic heterocycles. The average Bonchev–Trinajstić information content (AvgIpc) is 3.28. The Labute approximate surface area is 185 Å². The minimum Gasteiger partial charge on any atom is -0.397 e. The number of rotatable bonds is 3. The van der Waals surface area contributed by atoms with Crippen LogP contribution in [0.5, 0.6) is 0 Å². The number of hydrogen-bond donors (Lipinski definition) is 2. The molecule has 0 spiro atoms. The standard InChI is InChI=1S/C22H15ClN4OS2/c1-11-2-8-16-17(10-11)29-22(26-16)27-20(28)19-18(24)14-7-9-15(25-21(14)30-19)12-3-5-13(23)6-4-12/h2-10H,24H2,1H3,(H,26,27,28). The predicted octanol–water partition coefficient (Wildman–Crippen LogP) is 6.37. The first-order valence-electron chi connectivity index (χ1n) is 9.11. The van der Waals surface area contributed by atoms with Crippen molar-refractivity contribution in [1.82, 2.24) is 9.97 Å². The third kappa shape index (κ3) is 3.41. The monoisotopic (exact) mass is 450 g/mol. The van der Waals surface area contributed by atoms with E-state index < -0.39 is 0 Å². The lowest BCUT2D eigenvalue weighted by atomic mass is 10.1. The van der Waals surface area contributed by atoms with Gasteiger partial charge in [-0.3, -0.25) is 10.1 Å². The fourth-order valence-electron chi connectivity index (χ4n) is 3.19. The topological polar surface area (TPSA) is 80.9 Å². The highest BCUT2D eigenvalue weighted by Crippen LogP contribution is 2.35. The number of carbonyl (C=O) groups excluding carboxylic acids is 1. The van der Waals surface area contributed by atoms with Gasteiger partial charge in [-0.15, -0.1) is 11.3 Å². The van der Waals surface area contributed by atoms with E-state index >= 15 is 0 Å². The number of anilines is 2. The summed E-state index contributed by atoms with van der Waals surface area (Å²) in [4.78, 5) is 23.2. The molecule has 0 aliphatic heterocycles. The molecule has 30 heavy (non-hydrogen) atoms. The van der Waals surface area contributed by atoms with Crippen molar-refractivity contribution in [3.05, 3.63) is 70.1 Å². The van der Waals surface area contributed by atoms with Gasteiger partial charge in [-0.2, -0.15) is 0 Å². The number of aryl methyl sites for hydroxylation is 1. The van der Waals surface area contributed by atoms with E-state index in [1.807, 2.05) is 55.5 Å². The van der Waals surface area contributed by atoms with Gasteiger partial charge < -0.3 is 5.73 Å². The maximum Gasteiger partial charge on any atom is 0.269 e. The zero-order valence-corrected chi connectivity index (χ0v) is 18.2. The Hall–Kier alpha value is -3.00. The average molecular weight is 451 g/mol. The van der Waals surface area contributed by atoms with Gasteiger partial charge in [0, 0.05) is 16.0 Å². The van der Waals surface area contributed by atoms with E-state index in [2.05, 4.69) is 16.4 Å². The van der Waals surface area contributed by atoms with Gasteiger partial charge in [0.2, 0.25) is 0 Å². The Kier molecular flexibility index (Phi) is 4.66. The lowest BCUT2D eigenvalue weighted by Crippen LogP contribution is -2.11. The van der Waals surface area contributed by atoms with Crippen LogP contribution in [-0.4, -0.2) is 15.9 Å². The van der Waals surface area contributed by atoms with Crippen molar-refractivity contribution in [2.45, 2.75) is 6.92 Å². The number of nitrogens with one attached hydrogen (secondary N) is 1. The van der Waals surface area contributed by atoms with Gasteiger partial charge in [0.25, 0.3) is 5.91 Å². The van der Waals surface area contributed by atoms with Crippen molar-refractivity contribution in [3.63, 3.8) is 0 Å². The molecular weight excluding hydrogens is 436 g/mol. The first-order valence-corrected chi connectivity index (χ1v) is 11.1. The van der Waals surface area contributed by atoms with Gasteiger partial charge in [0.05, 0.1) is 21.6 Å². The quantitative estimate of drug-likeness (QED) is 0.334. The number of aromatic nitrogens is 2. The van der Waals surface area contributed by atoms with Crippen molar-refractivity contribution in [1.29, 1.82) is 0 Å². The predicted molar refractivity (Wildman–Crippen MR) is 127 cm³/mol. The highest BCUT2D eigenvalue weighted by Gasteiger charge is 2.19. The maximum atomic E-state index is 12.9. The molecule has 1 amide bonds. The van der Waals surface area contributed by atoms with E-state index in [1.54, 1.807) is 0 Å². The molecule has 0 aliphatic rings. The smallest absolute Gasteiger partial charge is 0.269 e. The van der Waals surface area contributed by atoms with E-state index in [0.717, 1.165) is 32.4 Å². The minimum absolute atomic E-state index is 0.278. The summed E-state index contributed by atoms with van der Waals surface area (Å²) in [6.45, 7) is 2.03. The van der Waals surface area contributed by atoms with Gasteiger partial charge >= 0.3 is 0 Å². The molecule has 0 saturated carbocycles. The molecule has 2 aromatic carbocycles. The third-order valence-corrected chi connectivity index (χ3v) is 7.00. The molecule has 0 bridgehead atoms. The van der Waals surface area contributed by atoms with Gasteiger partial charge in [0.15, 0.2) is 5.13 Å². The Morgan fingerprint density at radius 3 is 2.63 bits per heavy atom. The van der Waals surface area contributed by atoms with Crippen molar-refractivity contribution >= 4 is 71.4 Å². The number of benzene rings is 2. The van der Waals surface area contributed by atoms with E-state index in [4.69, 9.17) is 22.3 Å². The Balaban J connectivity index is 1.47. The number of carbonyl (C=O) groups is 1. The van der Waals surface area contributed by atoms with Crippen LogP contribution in [0.15, 0.2) is 54.6 Å². The molecular formula is C22H15ClN4OS2. The zero-order chi connectivity index (χ0) is 20.8. The molecule has 0 atom stereocenters. The molecule has 0 unspecified atom stereocenters. The molecule has 0 aliphatic carbocycles. The number of thiophene rings is 1. The molecule has 3 N–H and O–H groups in total. The number of halogens is 1. The fraction of sp³-hybridized carbons (Fsp3) is 0.0455. The number of thiazole rings is 1. The highest BCUT2D eigenvalue weighted by atomic mass is 35.5. The van der Waals surface area contributed by atoms with E-state index in [0.29, 0.717) is 25.5 Å². The van der Waals surface area contributed by atoms with Crippen molar-refractivity contribution in [3.8, 4) is 11.3 Å². The SMILES string of the molecule is Cc1ccc2nc(NC(=O)c3sc4nc(-c5ccc(Cl)cc5)ccc4c3N)sc2c1. The number of nitrogens with zero attached hydrogens (tertiary/aromatic N) is 2. The molecule has 0 fully saturated rings. The van der Waals surface area contributed by atoms with E-state index in [1.165, 1.54) is 22.7 Å². The fourth-order valence-corrected chi connectivity index (χ4v) is 5.26. The van der Waals surface area contributed by atoms with Gasteiger partial charge in [-0.25, -0.2) is 9.97 Å². The molecule has 148 valence electrons. The van der Waals surface area contributed by atoms with Gasteiger partial charge in [-0.05, 0) is 48.9 Å². The van der Waals surface area contributed by atoms with Crippen LogP contribution in [0.3, 0.4) is 0 Å². The third-order valence-electron chi connectivity index (χ3n) is 4.70. The summed E-state index contributed by atoms with van der Waals surface area (Å²) in [5.74, 6) is -0.278. The van der Waals surface area contributed by atoms with Crippen LogP contribution in [0.2, 0.25) is 5.02 Å². The second-order valence-corrected chi connectivity index (χ2v) is 9.31. The number of amides is 1. The van der Waals surface area contributed by atoms with Crippen molar-refractivity contribution in [2.75, 3.05) is 11.1 Å². The second-order valence-electron chi connectivity index (χ2n) is 6.85. The lowest BCUT2D eigenvalue weighted by Gasteiger charge is -2.01. The molecule has 5 nitrogen and oxygen atoms in total. The number of nitrogen functional groups attached to an aromatic ring is 1. The number of hydrogen-bond acceptors (Lipinski definition) is 6. The number of nitrogens with two attached hydrogens (primary N) is 1. The van der Waals surface area contributed by atoms with Gasteiger partial charge in [-0.1, -0.05) is 41.1 Å². The summed E-state index contributed by atoms with van der Waals surface area (Å²) < 4.78 is 1.03. The molecule has 5 aromatic rings. The van der Waals surface area contributed by atoms with E-state index in [9.17, 15) is 4.79 Å². The van der Waals surface area contributed by atoms with Crippen LogP contribution >= 0.6 is 34.3 Å². The van der Waals surface area contributed by atoms with Crippen molar-refractivity contribution < 1.29 is 4.79 Å². The normalized spacial score (nSPS) is 11.3. The lowest BCUT2D eigenvalue weighted by molar-refractivity contribution is 0.103. The number of pyridine rings is 1. The molecule has 3 heterocycles. The summed E-state index contributed by atoms with van der Waals surface area (Å²) in [5, 5.41) is 4.86. The van der Waals surface area contributed by atoms with Crippen LogP contribution in [0, 0.1) is 6.92 Å². The Morgan fingerprint density at radius 2 is 1.83 bits per heavy atom. The first kappa shape index (κ1) is 19.0. The minimum atomic E-state index is -0.278. The van der Waals surface area contributed by atoms with Crippen LogP contribution in [0.4, 0.5) is 10.8 Å². The van der Waals surface area contributed by atoms with E-state index in [-0.39, 0.29) is 5.91 Å². The largest absolute Gasteiger partial charge is 0.397 e. The van der Waals surface area contributed by atoms with Crippen LogP contribution in [0.1, 0.15) is 15.2 Å². The summed E-state index contributed by atoms with van der Waals surface area (Å²) in [6.07, 6.45) is 0. The van der Waals surface area contributed by atoms with Crippen molar-refractivity contribution in [2.24, 2.45) is 0 Å². The zero-order valence-electron chi connectivity index (χ0n) is 15.8. The molecule has 0 saturated heterocycles. The van der Waals surface area contributed by atoms with Crippen LogP contribution in [-0.2, 0) is 0 Å². The molecule has 8 heteroatoms. The Bertz CT molecular complexity index is 1420. The first-order chi connectivity index (χ1) is 14.5. The second kappa shape index (κ2) is 7.36. The summed E-state index contributed by atoms with van der Waals surface area (Å²) in [5.41, 5.74) is 10.5. The van der Waals surface area contributed by atoms with Crippen LogP contribution in [0.25, 0.3) is 31.7 Å². The van der Waals surface area contributed by atoms with Crippen LogP contribution < -0.4 is 11.1 Å². The summed E-state index contributed by atoms with van der Waals surface area (Å²) >= 11 is 8.69. The summed E-state index contributed by atoms with van der Waals surface area (Å²) in [6, 6.07) is 17.3. The number of fused-ring (bicyclic) bond motifs is 2. The maximum absolute atomic E-state index is 12.9. The summed E-state index contributed by atoms with van der Waals surface area (Å²) in [7, 11) is 0. The highest BCUT2D eigenvalue weighted by molar-refractivity contribution is 7.23. The molecule has 0 radical (unpaired) electrons. The Morgan fingerprint density at radius 1 is 1.03 bits per heavy atom.